The molecule has 4 nitrogen and oxygen atoms in total. The summed E-state index contributed by atoms with van der Waals surface area (Å²) in [7, 11) is 1.70. The van der Waals surface area contributed by atoms with E-state index in [-0.39, 0.29) is 18.1 Å². The first-order valence-corrected chi connectivity index (χ1v) is 6.65. The van der Waals surface area contributed by atoms with E-state index in [1.54, 1.807) is 7.11 Å². The lowest BCUT2D eigenvalue weighted by Gasteiger charge is -2.25. The van der Waals surface area contributed by atoms with Crippen LogP contribution in [0.1, 0.15) is 40.0 Å². The molecule has 0 aromatic heterocycles. The summed E-state index contributed by atoms with van der Waals surface area (Å²) in [6, 6.07) is 0.0151. The zero-order chi connectivity index (χ0) is 12.8. The van der Waals surface area contributed by atoms with Gasteiger partial charge in [-0.2, -0.15) is 0 Å². The number of hydrogen-bond acceptors (Lipinski definition) is 3. The van der Waals surface area contributed by atoms with E-state index in [9.17, 15) is 4.79 Å². The number of hydrogen-bond donors (Lipinski definition) is 1. The summed E-state index contributed by atoms with van der Waals surface area (Å²) in [5.41, 5.74) is 0. The largest absolute Gasteiger partial charge is 0.385 e. The van der Waals surface area contributed by atoms with Gasteiger partial charge in [0.2, 0.25) is 5.91 Å². The number of carbonyl (C=O) groups is 1. The maximum atomic E-state index is 12.1. The number of rotatable bonds is 7. The van der Waals surface area contributed by atoms with Gasteiger partial charge in [-0.1, -0.05) is 20.8 Å². The standard InChI is InChI=1S/C13H26N2O2/c1-5-11-13(16)15(7-6-8-17-4)12(14-11)9-10(2)3/h10-12,14H,5-9H2,1-4H3. The van der Waals surface area contributed by atoms with E-state index in [2.05, 4.69) is 26.1 Å². The Morgan fingerprint density at radius 2 is 2.18 bits per heavy atom. The maximum absolute atomic E-state index is 12.1. The number of carbonyl (C=O) groups excluding carboxylic acids is 1. The minimum Gasteiger partial charge on any atom is -0.385 e. The third-order valence-corrected chi connectivity index (χ3v) is 3.20. The third-order valence-electron chi connectivity index (χ3n) is 3.20. The molecule has 17 heavy (non-hydrogen) atoms. The fraction of sp³-hybridized carbons (Fsp3) is 0.923. The molecule has 1 rings (SSSR count). The second-order valence-corrected chi connectivity index (χ2v) is 5.15. The second-order valence-electron chi connectivity index (χ2n) is 5.15. The summed E-state index contributed by atoms with van der Waals surface area (Å²) < 4.78 is 5.05. The predicted molar refractivity (Wildman–Crippen MR) is 68.7 cm³/mol. The second kappa shape index (κ2) is 6.97. The van der Waals surface area contributed by atoms with Gasteiger partial charge in [0.15, 0.2) is 0 Å². The van der Waals surface area contributed by atoms with Crippen molar-refractivity contribution in [3.8, 4) is 0 Å². The van der Waals surface area contributed by atoms with Gasteiger partial charge >= 0.3 is 0 Å². The van der Waals surface area contributed by atoms with Gasteiger partial charge in [0.25, 0.3) is 0 Å². The molecule has 1 heterocycles. The monoisotopic (exact) mass is 242 g/mol. The van der Waals surface area contributed by atoms with E-state index in [1.165, 1.54) is 0 Å². The summed E-state index contributed by atoms with van der Waals surface area (Å²) >= 11 is 0. The lowest BCUT2D eigenvalue weighted by atomic mass is 10.1. The van der Waals surface area contributed by atoms with E-state index in [4.69, 9.17) is 4.74 Å². The summed E-state index contributed by atoms with van der Waals surface area (Å²) in [4.78, 5) is 14.1. The Hall–Kier alpha value is -0.610. The van der Waals surface area contributed by atoms with Crippen molar-refractivity contribution in [1.29, 1.82) is 0 Å². The van der Waals surface area contributed by atoms with Crippen LogP contribution >= 0.6 is 0 Å². The van der Waals surface area contributed by atoms with Crippen LogP contribution in [0, 0.1) is 5.92 Å². The van der Waals surface area contributed by atoms with Crippen LogP contribution in [0.5, 0.6) is 0 Å². The molecule has 100 valence electrons. The van der Waals surface area contributed by atoms with Crippen molar-refractivity contribution in [2.24, 2.45) is 5.92 Å². The van der Waals surface area contributed by atoms with Crippen LogP contribution < -0.4 is 5.32 Å². The first kappa shape index (κ1) is 14.5. The van der Waals surface area contributed by atoms with Crippen molar-refractivity contribution >= 4 is 5.91 Å². The SMILES string of the molecule is CCC1NC(CC(C)C)N(CCCOC)C1=O. The molecular weight excluding hydrogens is 216 g/mol. The van der Waals surface area contributed by atoms with Crippen molar-refractivity contribution in [3.63, 3.8) is 0 Å². The van der Waals surface area contributed by atoms with Crippen LogP contribution in [0.15, 0.2) is 0 Å². The molecule has 1 N–H and O–H groups in total. The highest BCUT2D eigenvalue weighted by Crippen LogP contribution is 2.19. The van der Waals surface area contributed by atoms with Crippen molar-refractivity contribution in [3.05, 3.63) is 0 Å². The summed E-state index contributed by atoms with van der Waals surface area (Å²) in [5.74, 6) is 0.857. The molecule has 2 unspecified atom stereocenters. The molecule has 0 aliphatic carbocycles. The van der Waals surface area contributed by atoms with E-state index >= 15 is 0 Å². The third kappa shape index (κ3) is 3.96. The first-order chi connectivity index (χ1) is 8.10. The normalized spacial score (nSPS) is 25.0. The molecule has 1 aliphatic heterocycles. The Morgan fingerprint density at radius 1 is 1.47 bits per heavy atom. The zero-order valence-electron chi connectivity index (χ0n) is 11.5. The average molecular weight is 242 g/mol. The molecule has 0 aromatic carbocycles. The Kier molecular flexibility index (Phi) is 5.92. The van der Waals surface area contributed by atoms with Gasteiger partial charge in [0, 0.05) is 20.3 Å². The molecule has 4 heteroatoms. The summed E-state index contributed by atoms with van der Waals surface area (Å²) in [6.07, 6.45) is 3.02. The van der Waals surface area contributed by atoms with Crippen LogP contribution in [0.3, 0.4) is 0 Å². The Labute approximate surface area is 105 Å². The van der Waals surface area contributed by atoms with Crippen LogP contribution in [0.4, 0.5) is 0 Å². The van der Waals surface area contributed by atoms with Crippen LogP contribution in [-0.2, 0) is 9.53 Å². The molecule has 0 bridgehead atoms. The molecule has 0 spiro atoms. The first-order valence-electron chi connectivity index (χ1n) is 6.65. The molecule has 0 saturated carbocycles. The number of nitrogens with zero attached hydrogens (tertiary/aromatic N) is 1. The topological polar surface area (TPSA) is 41.6 Å². The predicted octanol–water partition coefficient (Wildman–Crippen LogP) is 1.61. The maximum Gasteiger partial charge on any atom is 0.241 e. The Balaban J connectivity index is 2.56. The lowest BCUT2D eigenvalue weighted by molar-refractivity contribution is -0.130. The minimum absolute atomic E-state index is 0.0151. The molecule has 0 aromatic rings. The molecule has 1 amide bonds. The van der Waals surface area contributed by atoms with Gasteiger partial charge in [0.1, 0.15) is 0 Å². The van der Waals surface area contributed by atoms with E-state index in [1.807, 2.05) is 4.90 Å². The van der Waals surface area contributed by atoms with Crippen molar-refractivity contribution in [1.82, 2.24) is 10.2 Å². The lowest BCUT2D eigenvalue weighted by Crippen LogP contribution is -2.39. The minimum atomic E-state index is 0.0151. The number of methoxy groups -OCH3 is 1. The highest BCUT2D eigenvalue weighted by atomic mass is 16.5. The van der Waals surface area contributed by atoms with E-state index in [0.717, 1.165) is 32.4 Å². The quantitative estimate of drug-likeness (QED) is 0.690. The van der Waals surface area contributed by atoms with E-state index in [0.29, 0.717) is 5.92 Å². The van der Waals surface area contributed by atoms with Gasteiger partial charge in [-0.05, 0) is 25.2 Å². The van der Waals surface area contributed by atoms with Gasteiger partial charge in [-0.3, -0.25) is 10.1 Å². The van der Waals surface area contributed by atoms with Gasteiger partial charge in [-0.15, -0.1) is 0 Å². The van der Waals surface area contributed by atoms with Gasteiger partial charge in [0.05, 0.1) is 12.2 Å². The highest BCUT2D eigenvalue weighted by molar-refractivity contribution is 5.84. The van der Waals surface area contributed by atoms with E-state index < -0.39 is 0 Å². The smallest absolute Gasteiger partial charge is 0.241 e. The van der Waals surface area contributed by atoms with Crippen LogP contribution in [0.2, 0.25) is 0 Å². The fourth-order valence-electron chi connectivity index (χ4n) is 2.33. The Morgan fingerprint density at radius 3 is 2.71 bits per heavy atom. The Bertz CT molecular complexity index is 244. The van der Waals surface area contributed by atoms with Crippen LogP contribution in [-0.4, -0.2) is 43.3 Å². The molecular formula is C13H26N2O2. The molecule has 1 aliphatic rings. The molecule has 0 radical (unpaired) electrons. The van der Waals surface area contributed by atoms with Gasteiger partial charge in [-0.25, -0.2) is 0 Å². The molecule has 2 atom stereocenters. The fourth-order valence-corrected chi connectivity index (χ4v) is 2.33. The molecule has 1 saturated heterocycles. The average Bonchev–Trinajstić information content (AvgIpc) is 2.56. The summed E-state index contributed by atoms with van der Waals surface area (Å²) in [6.45, 7) is 7.96. The number of ether oxygens (including phenoxy) is 1. The van der Waals surface area contributed by atoms with Crippen molar-refractivity contribution in [2.75, 3.05) is 20.3 Å². The molecule has 1 fully saturated rings. The van der Waals surface area contributed by atoms with Crippen molar-refractivity contribution in [2.45, 2.75) is 52.2 Å². The van der Waals surface area contributed by atoms with Gasteiger partial charge < -0.3 is 9.64 Å². The number of nitrogens with one attached hydrogen (secondary N) is 1. The zero-order valence-corrected chi connectivity index (χ0v) is 11.5. The summed E-state index contributed by atoms with van der Waals surface area (Å²) in [5, 5.41) is 3.43. The highest BCUT2D eigenvalue weighted by Gasteiger charge is 2.37. The van der Waals surface area contributed by atoms with Crippen LogP contribution in [0.25, 0.3) is 0 Å². The number of amides is 1. The van der Waals surface area contributed by atoms with Crippen molar-refractivity contribution < 1.29 is 9.53 Å².